The standard InChI is InChI=1S/C33H43NO2.C2H6.H2/c1-23-14-16-27-17-18-28(33(34)36)21-31(27)32(35)22-29(20-23)24(2)15-19-30(26-12-8-5-9-13-26)25-10-6-3-4-7-11-25;1-2;/h5,8-9,12-13,17-18,20-21,24-25,29-30H,3-4,6-7,10-11,14-16,19,22H2,1-2H3,(H2,34,36);1-2H3;1H. The quantitative estimate of drug-likeness (QED) is 0.294. The lowest BCUT2D eigenvalue weighted by atomic mass is 9.75. The van der Waals surface area contributed by atoms with E-state index in [1.54, 1.807) is 12.1 Å². The Labute approximate surface area is 232 Å². The van der Waals surface area contributed by atoms with Crippen LogP contribution in [0.15, 0.2) is 60.2 Å². The van der Waals surface area contributed by atoms with Gasteiger partial charge < -0.3 is 5.73 Å². The zero-order valence-electron chi connectivity index (χ0n) is 24.2. The van der Waals surface area contributed by atoms with Crippen LogP contribution in [0.25, 0.3) is 0 Å². The van der Waals surface area contributed by atoms with Gasteiger partial charge in [0, 0.05) is 19.0 Å². The molecule has 208 valence electrons. The third kappa shape index (κ3) is 8.16. The number of allylic oxidation sites excluding steroid dienone is 2. The van der Waals surface area contributed by atoms with Gasteiger partial charge in [-0.05, 0) is 92.4 Å². The summed E-state index contributed by atoms with van der Waals surface area (Å²) in [4.78, 5) is 25.2. The van der Waals surface area contributed by atoms with Gasteiger partial charge >= 0.3 is 0 Å². The average molecular weight is 518 g/mol. The second-order valence-electron chi connectivity index (χ2n) is 11.4. The second kappa shape index (κ2) is 15.0. The number of carbonyl (C=O) groups excluding carboxylic acids is 2. The lowest BCUT2D eigenvalue weighted by molar-refractivity contribution is 0.0956. The minimum absolute atomic E-state index is 0. The summed E-state index contributed by atoms with van der Waals surface area (Å²) in [5.41, 5.74) is 10.5. The summed E-state index contributed by atoms with van der Waals surface area (Å²) in [5.74, 6) is 1.66. The van der Waals surface area contributed by atoms with Crippen molar-refractivity contribution in [2.75, 3.05) is 0 Å². The van der Waals surface area contributed by atoms with E-state index in [1.807, 2.05) is 19.9 Å². The minimum atomic E-state index is -0.477. The molecule has 38 heavy (non-hydrogen) atoms. The van der Waals surface area contributed by atoms with Crippen LogP contribution in [-0.4, -0.2) is 11.7 Å². The highest BCUT2D eigenvalue weighted by atomic mass is 16.1. The molecule has 1 amide bonds. The first-order valence-electron chi connectivity index (χ1n) is 15.1. The summed E-state index contributed by atoms with van der Waals surface area (Å²) < 4.78 is 0. The maximum atomic E-state index is 13.5. The molecule has 3 unspecified atom stereocenters. The van der Waals surface area contributed by atoms with Crippen LogP contribution in [0.3, 0.4) is 0 Å². The first-order chi connectivity index (χ1) is 18.4. The fraction of sp³-hybridized carbons (Fsp3) is 0.543. The van der Waals surface area contributed by atoms with E-state index in [0.717, 1.165) is 30.7 Å². The van der Waals surface area contributed by atoms with Crippen LogP contribution < -0.4 is 5.73 Å². The fourth-order valence-electron chi connectivity index (χ4n) is 6.48. The Morgan fingerprint density at radius 3 is 2.32 bits per heavy atom. The molecule has 0 aromatic heterocycles. The molecule has 2 aromatic carbocycles. The van der Waals surface area contributed by atoms with Gasteiger partial charge in [-0.25, -0.2) is 0 Å². The maximum Gasteiger partial charge on any atom is 0.248 e. The molecule has 3 nitrogen and oxygen atoms in total. The molecular weight excluding hydrogens is 466 g/mol. The van der Waals surface area contributed by atoms with E-state index in [-0.39, 0.29) is 13.1 Å². The zero-order valence-corrected chi connectivity index (χ0v) is 24.2. The van der Waals surface area contributed by atoms with E-state index >= 15 is 0 Å². The van der Waals surface area contributed by atoms with Gasteiger partial charge in [0.05, 0.1) is 0 Å². The Morgan fingerprint density at radius 2 is 1.66 bits per heavy atom. The Morgan fingerprint density at radius 1 is 0.974 bits per heavy atom. The van der Waals surface area contributed by atoms with E-state index in [0.29, 0.717) is 29.4 Å². The molecule has 3 heteroatoms. The highest BCUT2D eigenvalue weighted by Crippen LogP contribution is 2.40. The third-order valence-corrected chi connectivity index (χ3v) is 8.76. The van der Waals surface area contributed by atoms with E-state index in [9.17, 15) is 9.59 Å². The molecule has 0 aliphatic heterocycles. The van der Waals surface area contributed by atoms with Crippen molar-refractivity contribution in [3.63, 3.8) is 0 Å². The maximum absolute atomic E-state index is 13.5. The van der Waals surface area contributed by atoms with Crippen LogP contribution in [0.5, 0.6) is 0 Å². The normalized spacial score (nSPS) is 20.3. The average Bonchev–Trinajstić information content (AvgIpc) is 3.19. The topological polar surface area (TPSA) is 60.2 Å². The van der Waals surface area contributed by atoms with Crippen molar-refractivity contribution in [1.82, 2.24) is 0 Å². The summed E-state index contributed by atoms with van der Waals surface area (Å²) in [6, 6.07) is 16.5. The number of Topliss-reactive ketones (excluding diaryl/α,β-unsaturated/α-hetero) is 1. The summed E-state index contributed by atoms with van der Waals surface area (Å²) in [6.45, 7) is 8.53. The number of aryl methyl sites for hydroxylation is 1. The first-order valence-corrected chi connectivity index (χ1v) is 15.1. The van der Waals surface area contributed by atoms with Gasteiger partial charge in [-0.1, -0.05) is 94.5 Å². The van der Waals surface area contributed by atoms with Crippen LogP contribution in [0, 0.1) is 17.8 Å². The SMILES string of the molecule is CC.CC1=CC(C(C)CCC(c2ccccc2)C2CCCCCC2)CC(=O)c2cc(C(N)=O)ccc2CC1.[HH]. The van der Waals surface area contributed by atoms with E-state index in [4.69, 9.17) is 5.73 Å². The van der Waals surface area contributed by atoms with E-state index in [1.165, 1.54) is 56.1 Å². The third-order valence-electron chi connectivity index (χ3n) is 8.76. The van der Waals surface area contributed by atoms with Crippen molar-refractivity contribution in [3.05, 3.63) is 82.4 Å². The van der Waals surface area contributed by atoms with Crippen molar-refractivity contribution in [2.24, 2.45) is 23.5 Å². The lowest BCUT2D eigenvalue weighted by Gasteiger charge is -2.29. The minimum Gasteiger partial charge on any atom is -0.366 e. The van der Waals surface area contributed by atoms with Crippen molar-refractivity contribution in [3.8, 4) is 0 Å². The molecule has 0 radical (unpaired) electrons. The molecule has 2 aromatic rings. The highest BCUT2D eigenvalue weighted by molar-refractivity contribution is 6.01. The molecule has 2 N–H and O–H groups in total. The number of ketones is 1. The van der Waals surface area contributed by atoms with Crippen LogP contribution in [0.4, 0.5) is 0 Å². The summed E-state index contributed by atoms with van der Waals surface area (Å²) in [7, 11) is 0. The molecule has 4 rings (SSSR count). The number of hydrogen-bond acceptors (Lipinski definition) is 2. The van der Waals surface area contributed by atoms with Gasteiger partial charge in [-0.2, -0.15) is 0 Å². The van der Waals surface area contributed by atoms with Crippen LogP contribution in [0.1, 0.15) is 131 Å². The molecule has 2 aliphatic carbocycles. The largest absolute Gasteiger partial charge is 0.366 e. The van der Waals surface area contributed by atoms with Crippen molar-refractivity contribution in [2.45, 2.75) is 104 Å². The summed E-state index contributed by atoms with van der Waals surface area (Å²) in [6.07, 6.45) is 15.1. The molecule has 2 aliphatic rings. The Balaban J connectivity index is 0.00000174. The van der Waals surface area contributed by atoms with Gasteiger partial charge in [0.2, 0.25) is 5.91 Å². The Hall–Kier alpha value is -2.68. The molecule has 0 saturated heterocycles. The summed E-state index contributed by atoms with van der Waals surface area (Å²) in [5, 5.41) is 0. The number of benzene rings is 2. The van der Waals surface area contributed by atoms with Crippen molar-refractivity contribution < 1.29 is 11.0 Å². The fourth-order valence-corrected chi connectivity index (χ4v) is 6.48. The molecule has 1 saturated carbocycles. The Bertz CT molecular complexity index is 1070. The van der Waals surface area contributed by atoms with Gasteiger partial charge in [0.25, 0.3) is 0 Å². The van der Waals surface area contributed by atoms with Gasteiger partial charge in [-0.3, -0.25) is 9.59 Å². The van der Waals surface area contributed by atoms with Crippen molar-refractivity contribution in [1.29, 1.82) is 0 Å². The molecule has 0 spiro atoms. The molecular formula is C35H51NO2. The molecule has 0 bridgehead atoms. The number of hydrogen-bond donors (Lipinski definition) is 1. The number of nitrogens with two attached hydrogens (primary N) is 1. The zero-order chi connectivity index (χ0) is 27.5. The van der Waals surface area contributed by atoms with Gasteiger partial charge in [-0.15, -0.1) is 0 Å². The van der Waals surface area contributed by atoms with Crippen LogP contribution in [-0.2, 0) is 6.42 Å². The predicted octanol–water partition coefficient (Wildman–Crippen LogP) is 9.31. The number of fused-ring (bicyclic) bond motifs is 1. The van der Waals surface area contributed by atoms with E-state index in [2.05, 4.69) is 50.3 Å². The highest BCUT2D eigenvalue weighted by Gasteiger charge is 2.28. The van der Waals surface area contributed by atoms with Gasteiger partial charge in [0.1, 0.15) is 0 Å². The van der Waals surface area contributed by atoms with Crippen molar-refractivity contribution >= 4 is 11.7 Å². The Kier molecular flexibility index (Phi) is 11.8. The molecule has 3 atom stereocenters. The van der Waals surface area contributed by atoms with Crippen LogP contribution in [0.2, 0.25) is 0 Å². The van der Waals surface area contributed by atoms with Gasteiger partial charge in [0.15, 0.2) is 5.78 Å². The summed E-state index contributed by atoms with van der Waals surface area (Å²) >= 11 is 0. The first kappa shape index (κ1) is 29.9. The predicted molar refractivity (Wildman–Crippen MR) is 162 cm³/mol. The number of rotatable bonds is 7. The van der Waals surface area contributed by atoms with Crippen LogP contribution >= 0.6 is 0 Å². The lowest BCUT2D eigenvalue weighted by Crippen LogP contribution is -2.19. The number of primary amides is 1. The monoisotopic (exact) mass is 517 g/mol. The molecule has 1 fully saturated rings. The molecule has 0 heterocycles. The smallest absolute Gasteiger partial charge is 0.248 e. The number of carbonyl (C=O) groups is 2. The number of amides is 1. The second-order valence-corrected chi connectivity index (χ2v) is 11.4. The van der Waals surface area contributed by atoms with E-state index < -0.39 is 5.91 Å².